The van der Waals surface area contributed by atoms with Crippen LogP contribution in [0.2, 0.25) is 0 Å². The molecular weight excluding hydrogens is 342 g/mol. The van der Waals surface area contributed by atoms with Gasteiger partial charge in [-0.2, -0.15) is 0 Å². The van der Waals surface area contributed by atoms with Crippen molar-refractivity contribution >= 4 is 34.4 Å². The third-order valence-corrected chi connectivity index (χ3v) is 4.06. The zero-order valence-electron chi connectivity index (χ0n) is 14.5. The van der Waals surface area contributed by atoms with Crippen LogP contribution in [-0.2, 0) is 6.54 Å². The molecule has 0 aliphatic carbocycles. The Morgan fingerprint density at radius 2 is 1.38 bits per heavy atom. The molecule has 0 radical (unpaired) electrons. The molecule has 0 atom stereocenters. The van der Waals surface area contributed by atoms with Crippen molar-refractivity contribution in [2.75, 3.05) is 17.7 Å². The Morgan fingerprint density at radius 1 is 0.808 bits per heavy atom. The predicted molar refractivity (Wildman–Crippen MR) is 112 cm³/mol. The second kappa shape index (κ2) is 8.87. The second-order valence-electron chi connectivity index (χ2n) is 5.72. The molecule has 3 rings (SSSR count). The predicted octanol–water partition coefficient (Wildman–Crippen LogP) is 4.93. The maximum Gasteiger partial charge on any atom is 0.171 e. The van der Waals surface area contributed by atoms with E-state index >= 15 is 0 Å². The number of hydrogen-bond acceptors (Lipinski definition) is 3. The minimum absolute atomic E-state index is 0.602. The van der Waals surface area contributed by atoms with Gasteiger partial charge in [-0.25, -0.2) is 0 Å². The molecule has 0 aliphatic heterocycles. The van der Waals surface area contributed by atoms with Crippen LogP contribution >= 0.6 is 12.2 Å². The average molecular weight is 363 g/mol. The van der Waals surface area contributed by atoms with Crippen LogP contribution in [-0.4, -0.2) is 12.2 Å². The van der Waals surface area contributed by atoms with Gasteiger partial charge in [0.1, 0.15) is 5.75 Å². The summed E-state index contributed by atoms with van der Waals surface area (Å²) in [5, 5.41) is 10.4. The monoisotopic (exact) mass is 363 g/mol. The van der Waals surface area contributed by atoms with Gasteiger partial charge in [0.05, 0.1) is 7.11 Å². The van der Waals surface area contributed by atoms with Gasteiger partial charge in [0.25, 0.3) is 0 Å². The van der Waals surface area contributed by atoms with Crippen molar-refractivity contribution in [2.24, 2.45) is 0 Å². The molecule has 3 aromatic rings. The lowest BCUT2D eigenvalue weighted by Gasteiger charge is -2.12. The summed E-state index contributed by atoms with van der Waals surface area (Å²) in [4.78, 5) is 0. The fraction of sp³-hybridized carbons (Fsp3) is 0.0952. The summed E-state index contributed by atoms with van der Waals surface area (Å²) < 4.78 is 5.17. The number of ether oxygens (including phenoxy) is 1. The van der Waals surface area contributed by atoms with E-state index in [-0.39, 0.29) is 0 Å². The summed E-state index contributed by atoms with van der Waals surface area (Å²) in [6.07, 6.45) is 0. The van der Waals surface area contributed by atoms with Crippen molar-refractivity contribution in [1.82, 2.24) is 5.32 Å². The molecule has 0 saturated heterocycles. The standard InChI is InChI=1S/C21H21N3OS/c1-25-20-13-11-18(12-14-20)23-17-7-9-19(10-8-17)24-21(26)22-15-16-5-3-2-4-6-16/h2-14,23H,15H2,1H3,(H2,22,24,26). The third kappa shape index (κ3) is 5.22. The quantitative estimate of drug-likeness (QED) is 0.542. The Balaban J connectivity index is 1.51. The summed E-state index contributed by atoms with van der Waals surface area (Å²) in [5.74, 6) is 0.839. The molecular formula is C21H21N3OS. The lowest BCUT2D eigenvalue weighted by atomic mass is 10.2. The van der Waals surface area contributed by atoms with Crippen LogP contribution in [0.5, 0.6) is 5.75 Å². The minimum atomic E-state index is 0.602. The van der Waals surface area contributed by atoms with Crippen LogP contribution in [0.25, 0.3) is 0 Å². The molecule has 3 aromatic carbocycles. The highest BCUT2D eigenvalue weighted by molar-refractivity contribution is 7.80. The molecule has 0 spiro atoms. The Kier molecular flexibility index (Phi) is 6.06. The van der Waals surface area contributed by atoms with E-state index in [0.29, 0.717) is 11.7 Å². The molecule has 0 bridgehead atoms. The molecule has 0 aromatic heterocycles. The normalized spacial score (nSPS) is 10.0. The van der Waals surface area contributed by atoms with E-state index in [0.717, 1.165) is 22.8 Å². The minimum Gasteiger partial charge on any atom is -0.497 e. The SMILES string of the molecule is COc1ccc(Nc2ccc(NC(=S)NCc3ccccc3)cc2)cc1. The van der Waals surface area contributed by atoms with Crippen molar-refractivity contribution < 1.29 is 4.74 Å². The number of nitrogens with one attached hydrogen (secondary N) is 3. The zero-order chi connectivity index (χ0) is 18.2. The molecule has 0 heterocycles. The largest absolute Gasteiger partial charge is 0.497 e. The van der Waals surface area contributed by atoms with Crippen LogP contribution in [0.15, 0.2) is 78.9 Å². The van der Waals surface area contributed by atoms with Crippen LogP contribution in [0, 0.1) is 0 Å². The highest BCUT2D eigenvalue weighted by Gasteiger charge is 2.00. The Hall–Kier alpha value is -3.05. The van der Waals surface area contributed by atoms with E-state index in [9.17, 15) is 0 Å². The first-order valence-electron chi connectivity index (χ1n) is 8.33. The first-order valence-corrected chi connectivity index (χ1v) is 8.74. The first-order chi connectivity index (χ1) is 12.7. The number of rotatable bonds is 6. The summed E-state index contributed by atoms with van der Waals surface area (Å²) in [5.41, 5.74) is 4.14. The number of hydrogen-bond donors (Lipinski definition) is 3. The highest BCUT2D eigenvalue weighted by Crippen LogP contribution is 2.21. The van der Waals surface area contributed by atoms with Gasteiger partial charge in [0.2, 0.25) is 0 Å². The molecule has 0 amide bonds. The number of thiocarbonyl (C=S) groups is 1. The summed E-state index contributed by atoms with van der Waals surface area (Å²) in [6.45, 7) is 0.698. The number of anilines is 3. The maximum atomic E-state index is 5.35. The van der Waals surface area contributed by atoms with E-state index in [1.807, 2.05) is 66.7 Å². The first kappa shape index (κ1) is 17.8. The Bertz CT molecular complexity index is 833. The van der Waals surface area contributed by atoms with Gasteiger partial charge in [0.15, 0.2) is 5.11 Å². The molecule has 0 saturated carbocycles. The molecule has 5 heteroatoms. The summed E-state index contributed by atoms with van der Waals surface area (Å²) in [7, 11) is 1.66. The zero-order valence-corrected chi connectivity index (χ0v) is 15.3. The van der Waals surface area contributed by atoms with Crippen LogP contribution < -0.4 is 20.7 Å². The third-order valence-electron chi connectivity index (χ3n) is 3.82. The van der Waals surface area contributed by atoms with Crippen molar-refractivity contribution in [2.45, 2.75) is 6.54 Å². The van der Waals surface area contributed by atoms with Gasteiger partial charge in [-0.05, 0) is 66.3 Å². The van der Waals surface area contributed by atoms with Gasteiger partial charge < -0.3 is 20.7 Å². The molecule has 26 heavy (non-hydrogen) atoms. The molecule has 132 valence electrons. The van der Waals surface area contributed by atoms with Crippen molar-refractivity contribution in [3.05, 3.63) is 84.4 Å². The smallest absolute Gasteiger partial charge is 0.171 e. The lowest BCUT2D eigenvalue weighted by Crippen LogP contribution is -2.27. The van der Waals surface area contributed by atoms with Gasteiger partial charge in [-0.15, -0.1) is 0 Å². The average Bonchev–Trinajstić information content (AvgIpc) is 2.69. The van der Waals surface area contributed by atoms with Crippen LogP contribution in [0.3, 0.4) is 0 Å². The van der Waals surface area contributed by atoms with Gasteiger partial charge in [0, 0.05) is 23.6 Å². The van der Waals surface area contributed by atoms with Crippen molar-refractivity contribution in [3.8, 4) is 5.75 Å². The number of methoxy groups -OCH3 is 1. The van der Waals surface area contributed by atoms with E-state index in [1.54, 1.807) is 7.11 Å². The molecule has 0 fully saturated rings. The second-order valence-corrected chi connectivity index (χ2v) is 6.13. The van der Waals surface area contributed by atoms with Gasteiger partial charge in [-0.3, -0.25) is 0 Å². The highest BCUT2D eigenvalue weighted by atomic mass is 32.1. The van der Waals surface area contributed by atoms with Crippen LogP contribution in [0.1, 0.15) is 5.56 Å². The topological polar surface area (TPSA) is 45.3 Å². The van der Waals surface area contributed by atoms with Gasteiger partial charge in [-0.1, -0.05) is 30.3 Å². The van der Waals surface area contributed by atoms with E-state index in [2.05, 4.69) is 28.1 Å². The van der Waals surface area contributed by atoms with E-state index in [1.165, 1.54) is 5.56 Å². The van der Waals surface area contributed by atoms with Crippen molar-refractivity contribution in [1.29, 1.82) is 0 Å². The van der Waals surface area contributed by atoms with Crippen LogP contribution in [0.4, 0.5) is 17.1 Å². The molecule has 0 aliphatic rings. The van der Waals surface area contributed by atoms with E-state index < -0.39 is 0 Å². The fourth-order valence-corrected chi connectivity index (χ4v) is 2.62. The Labute approximate surface area is 159 Å². The Morgan fingerprint density at radius 3 is 2.00 bits per heavy atom. The van der Waals surface area contributed by atoms with Crippen molar-refractivity contribution in [3.63, 3.8) is 0 Å². The molecule has 4 nitrogen and oxygen atoms in total. The fourth-order valence-electron chi connectivity index (χ4n) is 2.43. The maximum absolute atomic E-state index is 5.35. The molecule has 0 unspecified atom stereocenters. The number of benzene rings is 3. The summed E-state index contributed by atoms with van der Waals surface area (Å²) in [6, 6.07) is 26.0. The molecule has 3 N–H and O–H groups in total. The van der Waals surface area contributed by atoms with E-state index in [4.69, 9.17) is 17.0 Å². The summed E-state index contributed by atoms with van der Waals surface area (Å²) >= 11 is 5.35. The van der Waals surface area contributed by atoms with Gasteiger partial charge >= 0.3 is 0 Å². The lowest BCUT2D eigenvalue weighted by molar-refractivity contribution is 0.415.